The van der Waals surface area contributed by atoms with E-state index in [1.807, 2.05) is 47.9 Å². The van der Waals surface area contributed by atoms with E-state index in [2.05, 4.69) is 20.5 Å². The minimum absolute atomic E-state index is 0.0599. The lowest BCUT2D eigenvalue weighted by molar-refractivity contribution is -0.113. The number of nitrogens with zero attached hydrogens (tertiary/aromatic N) is 4. The standard InChI is InChI=1S/C23H20FN5OS/c1-15-9-10-19(18(24)12-15)26-21(30)14-31-23-28-27-22(17-7-5-11-25-13-17)29(23)20-8-4-3-6-16(20)2/h3-13H,14H2,1-2H3,(H,26,30). The number of rotatable bonds is 6. The van der Waals surface area contributed by atoms with Crippen molar-refractivity contribution >= 4 is 23.4 Å². The Morgan fingerprint density at radius 2 is 1.94 bits per heavy atom. The third kappa shape index (κ3) is 4.64. The molecule has 8 heteroatoms. The lowest BCUT2D eigenvalue weighted by Crippen LogP contribution is -2.15. The Morgan fingerprint density at radius 3 is 2.68 bits per heavy atom. The normalized spacial score (nSPS) is 10.8. The largest absolute Gasteiger partial charge is 0.323 e. The van der Waals surface area contributed by atoms with Crippen molar-refractivity contribution in [1.82, 2.24) is 19.7 Å². The first kappa shape index (κ1) is 20.7. The van der Waals surface area contributed by atoms with Crippen molar-refractivity contribution in [1.29, 1.82) is 0 Å². The van der Waals surface area contributed by atoms with Gasteiger partial charge in [0.15, 0.2) is 11.0 Å². The number of halogens is 1. The number of pyridine rings is 1. The fraction of sp³-hybridized carbons (Fsp3) is 0.130. The molecule has 2 aromatic carbocycles. The van der Waals surface area contributed by atoms with Crippen molar-refractivity contribution in [3.63, 3.8) is 0 Å². The highest BCUT2D eigenvalue weighted by Gasteiger charge is 2.19. The van der Waals surface area contributed by atoms with Crippen LogP contribution in [0.1, 0.15) is 11.1 Å². The van der Waals surface area contributed by atoms with Gasteiger partial charge in [-0.3, -0.25) is 14.3 Å². The molecule has 0 saturated heterocycles. The summed E-state index contributed by atoms with van der Waals surface area (Å²) in [6.45, 7) is 3.80. The van der Waals surface area contributed by atoms with Gasteiger partial charge in [-0.25, -0.2) is 4.39 Å². The molecule has 4 rings (SSSR count). The summed E-state index contributed by atoms with van der Waals surface area (Å²) >= 11 is 1.24. The van der Waals surface area contributed by atoms with Gasteiger partial charge in [-0.1, -0.05) is 36.0 Å². The summed E-state index contributed by atoms with van der Waals surface area (Å²) in [5.74, 6) is -0.0881. The number of carbonyl (C=O) groups excluding carboxylic acids is 1. The number of hydrogen-bond acceptors (Lipinski definition) is 5. The van der Waals surface area contributed by atoms with Crippen molar-refractivity contribution in [2.24, 2.45) is 0 Å². The summed E-state index contributed by atoms with van der Waals surface area (Å²) in [6, 6.07) is 16.3. The molecule has 0 aliphatic heterocycles. The van der Waals surface area contributed by atoms with E-state index in [1.54, 1.807) is 31.5 Å². The SMILES string of the molecule is Cc1ccc(NC(=O)CSc2nnc(-c3cccnc3)n2-c2ccccc2C)c(F)c1. The van der Waals surface area contributed by atoms with Crippen LogP contribution in [0.15, 0.2) is 72.1 Å². The number of amides is 1. The lowest BCUT2D eigenvalue weighted by atomic mass is 10.2. The maximum absolute atomic E-state index is 14.0. The van der Waals surface area contributed by atoms with Crippen LogP contribution in [0.5, 0.6) is 0 Å². The summed E-state index contributed by atoms with van der Waals surface area (Å²) in [5, 5.41) is 11.8. The van der Waals surface area contributed by atoms with E-state index in [-0.39, 0.29) is 17.3 Å². The predicted molar refractivity (Wildman–Crippen MR) is 120 cm³/mol. The van der Waals surface area contributed by atoms with Crippen molar-refractivity contribution in [2.75, 3.05) is 11.1 Å². The number of nitrogens with one attached hydrogen (secondary N) is 1. The molecule has 0 aliphatic rings. The van der Waals surface area contributed by atoms with Gasteiger partial charge in [0.25, 0.3) is 0 Å². The molecule has 0 fully saturated rings. The van der Waals surface area contributed by atoms with Crippen LogP contribution in [0.2, 0.25) is 0 Å². The summed E-state index contributed by atoms with van der Waals surface area (Å²) in [7, 11) is 0. The summed E-state index contributed by atoms with van der Waals surface area (Å²) in [6.07, 6.45) is 3.42. The Hall–Kier alpha value is -3.52. The number of hydrogen-bond donors (Lipinski definition) is 1. The molecule has 0 radical (unpaired) electrons. The molecular weight excluding hydrogens is 413 g/mol. The summed E-state index contributed by atoms with van der Waals surface area (Å²) in [4.78, 5) is 16.6. The monoisotopic (exact) mass is 433 g/mol. The molecule has 2 aromatic heterocycles. The molecule has 4 aromatic rings. The molecule has 0 aliphatic carbocycles. The van der Waals surface area contributed by atoms with Crippen LogP contribution in [0.3, 0.4) is 0 Å². The fourth-order valence-corrected chi connectivity index (χ4v) is 3.86. The molecule has 1 amide bonds. The smallest absolute Gasteiger partial charge is 0.234 e. The van der Waals surface area contributed by atoms with Crippen molar-refractivity contribution in [2.45, 2.75) is 19.0 Å². The molecule has 0 unspecified atom stereocenters. The van der Waals surface area contributed by atoms with Gasteiger partial charge in [0.1, 0.15) is 5.82 Å². The maximum Gasteiger partial charge on any atom is 0.234 e. The zero-order valence-corrected chi connectivity index (χ0v) is 17.9. The quantitative estimate of drug-likeness (QED) is 0.442. The Labute approximate surface area is 183 Å². The number of benzene rings is 2. The van der Waals surface area contributed by atoms with E-state index in [4.69, 9.17) is 0 Å². The fourth-order valence-electron chi connectivity index (χ4n) is 3.11. The van der Waals surface area contributed by atoms with Crippen LogP contribution < -0.4 is 5.32 Å². The molecule has 1 N–H and O–H groups in total. The van der Waals surface area contributed by atoms with Crippen LogP contribution in [-0.4, -0.2) is 31.4 Å². The molecule has 0 saturated carbocycles. The first-order chi connectivity index (χ1) is 15.0. The summed E-state index contributed by atoms with van der Waals surface area (Å²) < 4.78 is 16.0. The van der Waals surface area contributed by atoms with Gasteiger partial charge in [0.2, 0.25) is 5.91 Å². The van der Waals surface area contributed by atoms with E-state index < -0.39 is 5.82 Å². The van der Waals surface area contributed by atoms with Gasteiger partial charge in [-0.05, 0) is 55.3 Å². The van der Waals surface area contributed by atoms with E-state index in [0.717, 1.165) is 22.4 Å². The minimum Gasteiger partial charge on any atom is -0.323 e. The van der Waals surface area contributed by atoms with Crippen LogP contribution in [0, 0.1) is 19.7 Å². The third-order valence-corrected chi connectivity index (χ3v) is 5.57. The Kier molecular flexibility index (Phi) is 6.08. The molecule has 2 heterocycles. The first-order valence-electron chi connectivity index (χ1n) is 9.63. The number of aromatic nitrogens is 4. The van der Waals surface area contributed by atoms with Gasteiger partial charge in [0, 0.05) is 18.0 Å². The first-order valence-corrected chi connectivity index (χ1v) is 10.6. The van der Waals surface area contributed by atoms with Gasteiger partial charge >= 0.3 is 0 Å². The molecule has 156 valence electrons. The molecule has 0 atom stereocenters. The highest BCUT2D eigenvalue weighted by molar-refractivity contribution is 7.99. The zero-order chi connectivity index (χ0) is 21.8. The second-order valence-electron chi connectivity index (χ2n) is 6.99. The van der Waals surface area contributed by atoms with Crippen LogP contribution >= 0.6 is 11.8 Å². The average Bonchev–Trinajstić information content (AvgIpc) is 3.19. The molecular formula is C23H20FN5OS. The van der Waals surface area contributed by atoms with Crippen molar-refractivity contribution in [3.8, 4) is 17.1 Å². The second-order valence-corrected chi connectivity index (χ2v) is 7.93. The molecule has 6 nitrogen and oxygen atoms in total. The Balaban J connectivity index is 1.60. The van der Waals surface area contributed by atoms with E-state index in [0.29, 0.717) is 11.0 Å². The molecule has 0 spiro atoms. The summed E-state index contributed by atoms with van der Waals surface area (Å²) in [5.41, 5.74) is 3.72. The number of para-hydroxylation sites is 1. The Morgan fingerprint density at radius 1 is 1.10 bits per heavy atom. The van der Waals surface area contributed by atoms with E-state index >= 15 is 0 Å². The predicted octanol–water partition coefficient (Wildman–Crippen LogP) is 4.82. The van der Waals surface area contributed by atoms with E-state index in [1.165, 1.54) is 17.8 Å². The van der Waals surface area contributed by atoms with Gasteiger partial charge < -0.3 is 5.32 Å². The van der Waals surface area contributed by atoms with Crippen molar-refractivity contribution in [3.05, 3.63) is 83.9 Å². The van der Waals surface area contributed by atoms with Gasteiger partial charge in [0.05, 0.1) is 17.1 Å². The highest BCUT2D eigenvalue weighted by Crippen LogP contribution is 2.29. The van der Waals surface area contributed by atoms with Crippen LogP contribution in [0.25, 0.3) is 17.1 Å². The number of carbonyl (C=O) groups is 1. The van der Waals surface area contributed by atoms with Crippen LogP contribution in [-0.2, 0) is 4.79 Å². The number of thioether (sulfide) groups is 1. The molecule has 0 bridgehead atoms. The van der Waals surface area contributed by atoms with Crippen LogP contribution in [0.4, 0.5) is 10.1 Å². The Bertz CT molecular complexity index is 1230. The van der Waals surface area contributed by atoms with E-state index in [9.17, 15) is 9.18 Å². The topological polar surface area (TPSA) is 72.7 Å². The second kappa shape index (κ2) is 9.09. The maximum atomic E-state index is 14.0. The number of aryl methyl sites for hydroxylation is 2. The lowest BCUT2D eigenvalue weighted by Gasteiger charge is -2.13. The van der Waals surface area contributed by atoms with Gasteiger partial charge in [-0.15, -0.1) is 10.2 Å². The van der Waals surface area contributed by atoms with Crippen molar-refractivity contribution < 1.29 is 9.18 Å². The average molecular weight is 434 g/mol. The highest BCUT2D eigenvalue weighted by atomic mass is 32.2. The number of anilines is 1. The minimum atomic E-state index is -0.458. The third-order valence-electron chi connectivity index (χ3n) is 4.64. The van der Waals surface area contributed by atoms with Gasteiger partial charge in [-0.2, -0.15) is 0 Å². The zero-order valence-electron chi connectivity index (χ0n) is 17.0. The molecule has 31 heavy (non-hydrogen) atoms.